The molecule has 1 aliphatic heterocycles. The van der Waals surface area contributed by atoms with Gasteiger partial charge in [0.25, 0.3) is 0 Å². The molecule has 0 saturated carbocycles. The van der Waals surface area contributed by atoms with Gasteiger partial charge in [0.15, 0.2) is 0 Å². The smallest absolute Gasteiger partial charge is 0.324 e. The van der Waals surface area contributed by atoms with Crippen molar-refractivity contribution in [2.75, 3.05) is 23.3 Å². The number of urea groups is 1. The van der Waals surface area contributed by atoms with E-state index in [4.69, 9.17) is 23.2 Å². The van der Waals surface area contributed by atoms with Crippen molar-refractivity contribution >= 4 is 46.5 Å². The molecule has 3 amide bonds. The SMILES string of the molecule is CC[C@@H](C(=O)Nc1ccc(N2CCCN(Cc3ccc(Cl)c(Cl)c3)C2=O)cc1)c1ccccc1. The number of nitrogens with one attached hydrogen (secondary N) is 1. The van der Waals surface area contributed by atoms with Crippen molar-refractivity contribution in [2.24, 2.45) is 0 Å². The van der Waals surface area contributed by atoms with Gasteiger partial charge in [0, 0.05) is 31.0 Å². The highest BCUT2D eigenvalue weighted by atomic mass is 35.5. The van der Waals surface area contributed by atoms with Crippen molar-refractivity contribution in [1.29, 1.82) is 0 Å². The first-order chi connectivity index (χ1) is 16.5. The highest BCUT2D eigenvalue weighted by molar-refractivity contribution is 6.42. The second kappa shape index (κ2) is 10.9. The van der Waals surface area contributed by atoms with Crippen molar-refractivity contribution in [2.45, 2.75) is 32.2 Å². The Morgan fingerprint density at radius 2 is 1.71 bits per heavy atom. The Morgan fingerprint density at radius 1 is 0.971 bits per heavy atom. The van der Waals surface area contributed by atoms with E-state index in [1.165, 1.54) is 0 Å². The number of hydrogen-bond donors (Lipinski definition) is 1. The van der Waals surface area contributed by atoms with Gasteiger partial charge in [0.1, 0.15) is 0 Å². The van der Waals surface area contributed by atoms with E-state index in [-0.39, 0.29) is 17.9 Å². The first kappa shape index (κ1) is 24.1. The van der Waals surface area contributed by atoms with Crippen LogP contribution in [0.3, 0.4) is 0 Å². The van der Waals surface area contributed by atoms with E-state index in [0.717, 1.165) is 23.2 Å². The fraction of sp³-hybridized carbons (Fsp3) is 0.259. The molecule has 0 spiro atoms. The minimum Gasteiger partial charge on any atom is -0.326 e. The van der Waals surface area contributed by atoms with Gasteiger partial charge in [-0.15, -0.1) is 0 Å². The van der Waals surface area contributed by atoms with E-state index in [1.54, 1.807) is 17.0 Å². The van der Waals surface area contributed by atoms with Crippen LogP contribution in [0, 0.1) is 0 Å². The van der Waals surface area contributed by atoms with Gasteiger partial charge in [-0.3, -0.25) is 9.69 Å². The average Bonchev–Trinajstić information content (AvgIpc) is 2.84. The third-order valence-electron chi connectivity index (χ3n) is 6.04. The largest absolute Gasteiger partial charge is 0.326 e. The maximum atomic E-state index is 13.2. The summed E-state index contributed by atoms with van der Waals surface area (Å²) in [4.78, 5) is 29.6. The second-order valence-electron chi connectivity index (χ2n) is 8.37. The molecule has 0 aliphatic carbocycles. The third kappa shape index (κ3) is 5.54. The monoisotopic (exact) mass is 495 g/mol. The summed E-state index contributed by atoms with van der Waals surface area (Å²) in [5.74, 6) is -0.247. The molecule has 7 heteroatoms. The molecule has 4 rings (SSSR count). The highest BCUT2D eigenvalue weighted by Gasteiger charge is 2.27. The standard InChI is InChI=1S/C27H27Cl2N3O2/c1-2-23(20-7-4-3-5-8-20)26(33)30-21-10-12-22(13-11-21)32-16-6-15-31(27(32)34)18-19-9-14-24(28)25(29)17-19/h3-5,7-14,17,23H,2,6,15-16,18H2,1H3,(H,30,33)/t23-/m1/s1. The maximum absolute atomic E-state index is 13.2. The fourth-order valence-electron chi connectivity index (χ4n) is 4.24. The molecule has 0 aromatic heterocycles. The topological polar surface area (TPSA) is 52.7 Å². The summed E-state index contributed by atoms with van der Waals surface area (Å²) in [6.07, 6.45) is 1.58. The van der Waals surface area contributed by atoms with Crippen LogP contribution < -0.4 is 10.2 Å². The number of anilines is 2. The Bertz CT molecular complexity index is 1150. The lowest BCUT2D eigenvalue weighted by molar-refractivity contribution is -0.117. The zero-order valence-electron chi connectivity index (χ0n) is 19.0. The lowest BCUT2D eigenvalue weighted by atomic mass is 9.95. The minimum atomic E-state index is -0.209. The first-order valence-electron chi connectivity index (χ1n) is 11.4. The van der Waals surface area contributed by atoms with Crippen LogP contribution >= 0.6 is 23.2 Å². The molecule has 5 nitrogen and oxygen atoms in total. The summed E-state index contributed by atoms with van der Waals surface area (Å²) in [5, 5.41) is 3.99. The molecule has 0 bridgehead atoms. The summed E-state index contributed by atoms with van der Waals surface area (Å²) in [5.41, 5.74) is 3.45. The zero-order valence-corrected chi connectivity index (χ0v) is 20.5. The van der Waals surface area contributed by atoms with Crippen molar-refractivity contribution < 1.29 is 9.59 Å². The van der Waals surface area contributed by atoms with Crippen molar-refractivity contribution in [3.05, 3.63) is 94.0 Å². The predicted octanol–water partition coefficient (Wildman–Crippen LogP) is 6.96. The predicted molar refractivity (Wildman–Crippen MR) is 139 cm³/mol. The van der Waals surface area contributed by atoms with Crippen LogP contribution in [0.2, 0.25) is 10.0 Å². The van der Waals surface area contributed by atoms with Gasteiger partial charge in [-0.1, -0.05) is 66.5 Å². The van der Waals surface area contributed by atoms with Gasteiger partial charge >= 0.3 is 6.03 Å². The van der Waals surface area contributed by atoms with Crippen LogP contribution in [0.4, 0.5) is 16.2 Å². The number of carbonyl (C=O) groups excluding carboxylic acids is 2. The van der Waals surface area contributed by atoms with E-state index >= 15 is 0 Å². The first-order valence-corrected chi connectivity index (χ1v) is 12.2. The number of nitrogens with zero attached hydrogens (tertiary/aromatic N) is 2. The number of rotatable bonds is 7. The third-order valence-corrected chi connectivity index (χ3v) is 6.78. The molecule has 3 aromatic carbocycles. The molecular formula is C27H27Cl2N3O2. The summed E-state index contributed by atoms with van der Waals surface area (Å²) in [6, 6.07) is 22.6. The average molecular weight is 496 g/mol. The van der Waals surface area contributed by atoms with Crippen LogP contribution in [-0.4, -0.2) is 29.9 Å². The number of carbonyl (C=O) groups is 2. The van der Waals surface area contributed by atoms with Crippen molar-refractivity contribution in [1.82, 2.24) is 4.90 Å². The van der Waals surface area contributed by atoms with Crippen LogP contribution in [-0.2, 0) is 11.3 Å². The molecule has 0 unspecified atom stereocenters. The Labute approximate surface area is 210 Å². The summed E-state index contributed by atoms with van der Waals surface area (Å²) < 4.78 is 0. The Morgan fingerprint density at radius 3 is 2.38 bits per heavy atom. The van der Waals surface area contributed by atoms with Crippen LogP contribution in [0.1, 0.15) is 36.8 Å². The Kier molecular flexibility index (Phi) is 7.76. The summed E-state index contributed by atoms with van der Waals surface area (Å²) in [7, 11) is 0. The molecular weight excluding hydrogens is 469 g/mol. The van der Waals surface area contributed by atoms with E-state index in [1.807, 2.05) is 72.5 Å². The Hall–Kier alpha value is -3.02. The maximum Gasteiger partial charge on any atom is 0.324 e. The number of halogens is 2. The lowest BCUT2D eigenvalue weighted by Gasteiger charge is -2.35. The minimum absolute atomic E-state index is 0.0386. The molecule has 1 atom stereocenters. The molecule has 0 radical (unpaired) electrons. The normalized spacial score (nSPS) is 14.7. The van der Waals surface area contributed by atoms with Crippen molar-refractivity contribution in [3.63, 3.8) is 0 Å². The van der Waals surface area contributed by atoms with E-state index in [2.05, 4.69) is 5.32 Å². The fourth-order valence-corrected chi connectivity index (χ4v) is 4.56. The molecule has 1 aliphatic rings. The zero-order chi connectivity index (χ0) is 24.1. The lowest BCUT2D eigenvalue weighted by Crippen LogP contribution is -2.49. The van der Waals surface area contributed by atoms with Gasteiger partial charge in [-0.05, 0) is 60.4 Å². The van der Waals surface area contributed by atoms with Gasteiger partial charge in [-0.2, -0.15) is 0 Å². The van der Waals surface area contributed by atoms with Crippen molar-refractivity contribution in [3.8, 4) is 0 Å². The molecule has 1 fully saturated rings. The number of hydrogen-bond acceptors (Lipinski definition) is 2. The van der Waals surface area contributed by atoms with Crippen LogP contribution in [0.5, 0.6) is 0 Å². The van der Waals surface area contributed by atoms with Gasteiger partial charge < -0.3 is 10.2 Å². The number of benzene rings is 3. The summed E-state index contributed by atoms with van der Waals surface area (Å²) in [6.45, 7) is 3.81. The molecule has 1 heterocycles. The van der Waals surface area contributed by atoms with E-state index < -0.39 is 0 Å². The van der Waals surface area contributed by atoms with E-state index in [9.17, 15) is 9.59 Å². The molecule has 3 aromatic rings. The Balaban J connectivity index is 1.42. The molecule has 34 heavy (non-hydrogen) atoms. The summed E-state index contributed by atoms with van der Waals surface area (Å²) >= 11 is 12.1. The molecule has 1 saturated heterocycles. The quantitative estimate of drug-likeness (QED) is 0.385. The second-order valence-corrected chi connectivity index (χ2v) is 9.18. The van der Waals surface area contributed by atoms with Gasteiger partial charge in [0.2, 0.25) is 5.91 Å². The highest BCUT2D eigenvalue weighted by Crippen LogP contribution is 2.27. The number of amides is 3. The van der Waals surface area contributed by atoms with Gasteiger partial charge in [-0.25, -0.2) is 4.79 Å². The van der Waals surface area contributed by atoms with Gasteiger partial charge in [0.05, 0.1) is 16.0 Å². The van der Waals surface area contributed by atoms with Crippen LogP contribution in [0.15, 0.2) is 72.8 Å². The van der Waals surface area contributed by atoms with E-state index in [0.29, 0.717) is 41.8 Å². The van der Waals surface area contributed by atoms with Crippen LogP contribution in [0.25, 0.3) is 0 Å². The molecule has 1 N–H and O–H groups in total. The molecule has 176 valence electrons.